The van der Waals surface area contributed by atoms with Crippen LogP contribution < -0.4 is 10.1 Å². The van der Waals surface area contributed by atoms with E-state index in [1.165, 1.54) is 5.56 Å². The number of likely N-dealkylation sites (N-methyl/N-ethyl adjacent to an activating group) is 1. The number of piperazine rings is 1. The van der Waals surface area contributed by atoms with Crippen molar-refractivity contribution in [3.63, 3.8) is 0 Å². The summed E-state index contributed by atoms with van der Waals surface area (Å²) in [5.41, 5.74) is 2.18. The van der Waals surface area contributed by atoms with Gasteiger partial charge in [-0.15, -0.1) is 0 Å². The Labute approximate surface area is 291 Å². The Morgan fingerprint density at radius 1 is 1.02 bits per heavy atom. The third-order valence-corrected chi connectivity index (χ3v) is 9.54. The van der Waals surface area contributed by atoms with Crippen molar-refractivity contribution in [1.82, 2.24) is 25.0 Å². The van der Waals surface area contributed by atoms with Crippen LogP contribution in [0.4, 0.5) is 0 Å². The van der Waals surface area contributed by atoms with Crippen LogP contribution in [0.2, 0.25) is 0 Å². The van der Waals surface area contributed by atoms with Gasteiger partial charge in [0.25, 0.3) is 5.91 Å². The summed E-state index contributed by atoms with van der Waals surface area (Å²) in [4.78, 5) is 52.5. The molecule has 1 aromatic heterocycles. The zero-order valence-electron chi connectivity index (χ0n) is 30.2. The molecule has 5 rings (SSSR count). The van der Waals surface area contributed by atoms with Gasteiger partial charge < -0.3 is 24.3 Å². The van der Waals surface area contributed by atoms with Gasteiger partial charge >= 0.3 is 0 Å². The number of ether oxygens (including phenoxy) is 1. The van der Waals surface area contributed by atoms with Crippen molar-refractivity contribution >= 4 is 17.7 Å². The molecule has 2 aliphatic rings. The first kappa shape index (κ1) is 36.1. The molecular weight excluding hydrogens is 618 g/mol. The average Bonchev–Trinajstić information content (AvgIpc) is 3.71. The maximum atomic E-state index is 14.2. The second-order valence-electron chi connectivity index (χ2n) is 15.0. The highest BCUT2D eigenvalue weighted by atomic mass is 16.5. The Morgan fingerprint density at radius 3 is 2.43 bits per heavy atom. The number of nitrogens with zero attached hydrogens (tertiary/aromatic N) is 4. The standard InChI is InChI=1S/C39H53N5O5/c1-26(2)22-31(41-36(45)30-16-11-12-18-33(30)48-25-34-40-27(3)35(49-34)39(4,5)6)37(46)44-19-13-17-32(44)38(47)43-21-20-42(7)29(24-43)23-28-14-9-8-10-15-28/h8-12,14-16,18,26,29,31-32H,13,17,19-25H2,1-7H3,(H,41,45)/t29-,31+,32+/m0/s1. The van der Waals surface area contributed by atoms with Crippen molar-refractivity contribution in [3.8, 4) is 5.75 Å². The Balaban J connectivity index is 1.26. The van der Waals surface area contributed by atoms with Gasteiger partial charge in [-0.2, -0.15) is 0 Å². The maximum absolute atomic E-state index is 14.2. The number of hydrogen-bond acceptors (Lipinski definition) is 7. The number of oxazole rings is 1. The van der Waals surface area contributed by atoms with Crippen LogP contribution in [0.3, 0.4) is 0 Å². The summed E-state index contributed by atoms with van der Waals surface area (Å²) in [6, 6.07) is 16.2. The largest absolute Gasteiger partial charge is 0.483 e. The van der Waals surface area contributed by atoms with Crippen LogP contribution in [0.25, 0.3) is 0 Å². The van der Waals surface area contributed by atoms with Crippen LogP contribution >= 0.6 is 0 Å². The summed E-state index contributed by atoms with van der Waals surface area (Å²) >= 11 is 0. The number of carbonyl (C=O) groups is 3. The summed E-state index contributed by atoms with van der Waals surface area (Å²) in [6.07, 6.45) is 2.68. The molecular formula is C39H53N5O5. The second kappa shape index (κ2) is 15.6. The Morgan fingerprint density at radius 2 is 1.73 bits per heavy atom. The average molecular weight is 672 g/mol. The molecule has 3 amide bonds. The summed E-state index contributed by atoms with van der Waals surface area (Å²) in [5.74, 6) is 1.13. The van der Waals surface area contributed by atoms with Gasteiger partial charge in [0.15, 0.2) is 6.61 Å². The quantitative estimate of drug-likeness (QED) is 0.292. The van der Waals surface area contributed by atoms with Crippen LogP contribution in [0.15, 0.2) is 59.0 Å². The fourth-order valence-electron chi connectivity index (χ4n) is 7.01. The summed E-state index contributed by atoms with van der Waals surface area (Å²) in [7, 11) is 2.11. The molecule has 0 unspecified atom stereocenters. The Bertz CT molecular complexity index is 1600. The number of aryl methyl sites for hydroxylation is 1. The van der Waals surface area contributed by atoms with Crippen molar-refractivity contribution in [1.29, 1.82) is 0 Å². The lowest BCUT2D eigenvalue weighted by atomic mass is 9.92. The summed E-state index contributed by atoms with van der Waals surface area (Å²) < 4.78 is 12.0. The van der Waals surface area contributed by atoms with Crippen molar-refractivity contribution in [3.05, 3.63) is 83.1 Å². The van der Waals surface area contributed by atoms with Gasteiger partial charge in [-0.05, 0) is 63.3 Å². The Hall–Kier alpha value is -4.18. The topological polar surface area (TPSA) is 108 Å². The number of para-hydroxylation sites is 1. The number of nitrogens with one attached hydrogen (secondary N) is 1. The minimum absolute atomic E-state index is 0.00164. The number of benzene rings is 2. The minimum atomic E-state index is -0.781. The SMILES string of the molecule is Cc1nc(COc2ccccc2C(=O)N[C@H](CC(C)C)C(=O)N2CCC[C@@H]2C(=O)N2CCN(C)[C@@H](Cc3ccccc3)C2)oc1C(C)(C)C. The van der Waals surface area contributed by atoms with Gasteiger partial charge in [0.1, 0.15) is 23.6 Å². The first-order valence-electron chi connectivity index (χ1n) is 17.6. The molecule has 0 radical (unpaired) electrons. The molecule has 2 fully saturated rings. The number of carbonyl (C=O) groups excluding carboxylic acids is 3. The molecule has 0 bridgehead atoms. The highest BCUT2D eigenvalue weighted by molar-refractivity contribution is 6.00. The van der Waals surface area contributed by atoms with E-state index < -0.39 is 18.0 Å². The van der Waals surface area contributed by atoms with Crippen molar-refractivity contribution in [2.45, 2.75) is 97.4 Å². The molecule has 2 aromatic carbocycles. The fraction of sp³-hybridized carbons (Fsp3) is 0.538. The molecule has 10 heteroatoms. The smallest absolute Gasteiger partial charge is 0.255 e. The van der Waals surface area contributed by atoms with E-state index in [9.17, 15) is 14.4 Å². The molecule has 2 aliphatic heterocycles. The third kappa shape index (κ3) is 8.90. The van der Waals surface area contributed by atoms with E-state index in [2.05, 4.69) is 55.2 Å². The molecule has 3 heterocycles. The summed E-state index contributed by atoms with van der Waals surface area (Å²) in [5, 5.41) is 3.01. The van der Waals surface area contributed by atoms with Crippen LogP contribution in [0.1, 0.15) is 87.1 Å². The minimum Gasteiger partial charge on any atom is -0.483 e. The van der Waals surface area contributed by atoms with E-state index >= 15 is 0 Å². The van der Waals surface area contributed by atoms with Gasteiger partial charge in [0.2, 0.25) is 17.7 Å². The van der Waals surface area contributed by atoms with Crippen LogP contribution in [-0.4, -0.2) is 88.8 Å². The van der Waals surface area contributed by atoms with Crippen molar-refractivity contribution in [2.75, 3.05) is 33.2 Å². The number of rotatable bonds is 11. The number of hydrogen-bond donors (Lipinski definition) is 1. The molecule has 0 spiro atoms. The van der Waals surface area contributed by atoms with Crippen LogP contribution in [-0.2, 0) is 28.0 Å². The monoisotopic (exact) mass is 671 g/mol. The van der Waals surface area contributed by atoms with E-state index in [0.29, 0.717) is 49.7 Å². The zero-order valence-corrected chi connectivity index (χ0v) is 30.2. The summed E-state index contributed by atoms with van der Waals surface area (Å²) in [6.45, 7) is 14.7. The first-order chi connectivity index (χ1) is 23.3. The van der Waals surface area contributed by atoms with E-state index in [1.54, 1.807) is 29.2 Å². The molecule has 264 valence electrons. The Kier molecular flexibility index (Phi) is 11.5. The van der Waals surface area contributed by atoms with Gasteiger partial charge in [0, 0.05) is 37.6 Å². The van der Waals surface area contributed by atoms with Crippen LogP contribution in [0.5, 0.6) is 5.75 Å². The number of amides is 3. The van der Waals surface area contributed by atoms with Gasteiger partial charge in [0.05, 0.1) is 11.3 Å². The zero-order chi connectivity index (χ0) is 35.3. The highest BCUT2D eigenvalue weighted by Crippen LogP contribution is 2.28. The first-order valence-corrected chi connectivity index (χ1v) is 17.6. The number of likely N-dealkylation sites (tertiary alicyclic amines) is 1. The highest BCUT2D eigenvalue weighted by Gasteiger charge is 2.41. The van der Waals surface area contributed by atoms with Gasteiger partial charge in [-0.3, -0.25) is 19.3 Å². The van der Waals surface area contributed by atoms with Crippen LogP contribution in [0, 0.1) is 12.8 Å². The molecule has 2 saturated heterocycles. The molecule has 10 nitrogen and oxygen atoms in total. The predicted molar refractivity (Wildman–Crippen MR) is 189 cm³/mol. The molecule has 1 N–H and O–H groups in total. The molecule has 0 saturated carbocycles. The second-order valence-corrected chi connectivity index (χ2v) is 15.0. The van der Waals surface area contributed by atoms with E-state index in [-0.39, 0.29) is 35.8 Å². The lowest BCUT2D eigenvalue weighted by Gasteiger charge is -2.41. The fourth-order valence-corrected chi connectivity index (χ4v) is 7.01. The van der Waals surface area contributed by atoms with Gasteiger partial charge in [-0.25, -0.2) is 4.98 Å². The lowest BCUT2D eigenvalue weighted by Crippen LogP contribution is -2.59. The molecule has 3 aromatic rings. The normalized spacial score (nSPS) is 19.3. The maximum Gasteiger partial charge on any atom is 0.255 e. The molecule has 3 atom stereocenters. The van der Waals surface area contributed by atoms with Crippen molar-refractivity contribution in [2.24, 2.45) is 5.92 Å². The third-order valence-electron chi connectivity index (χ3n) is 9.54. The van der Waals surface area contributed by atoms with E-state index in [0.717, 1.165) is 30.8 Å². The van der Waals surface area contributed by atoms with E-state index in [1.807, 2.05) is 43.9 Å². The van der Waals surface area contributed by atoms with E-state index in [4.69, 9.17) is 9.15 Å². The van der Waals surface area contributed by atoms with Crippen molar-refractivity contribution < 1.29 is 23.5 Å². The lowest BCUT2D eigenvalue weighted by molar-refractivity contribution is -0.146. The number of aromatic nitrogens is 1. The molecule has 0 aliphatic carbocycles. The predicted octanol–water partition coefficient (Wildman–Crippen LogP) is 5.38. The van der Waals surface area contributed by atoms with Gasteiger partial charge in [-0.1, -0.05) is 77.1 Å². The molecule has 49 heavy (non-hydrogen) atoms.